The molecule has 1 fully saturated rings. The van der Waals surface area contributed by atoms with Gasteiger partial charge in [-0.25, -0.2) is 4.79 Å². The molecule has 1 rings (SSSR count). The van der Waals surface area contributed by atoms with Crippen LogP contribution in [0.3, 0.4) is 0 Å². The average Bonchev–Trinajstić information content (AvgIpc) is 2.68. The first-order valence-electron chi connectivity index (χ1n) is 3.22. The number of hydrogen-bond donors (Lipinski definition) is 1. The Bertz CT molecular complexity index is 136. The molecule has 3 nitrogen and oxygen atoms in total. The van der Waals surface area contributed by atoms with Gasteiger partial charge in [0.2, 0.25) is 0 Å². The minimum atomic E-state index is -0.327. The van der Waals surface area contributed by atoms with E-state index in [0.717, 1.165) is 0 Å². The molecule has 0 unspecified atom stereocenters. The molecule has 0 aromatic carbocycles. The number of hydrogen-bond acceptors (Lipinski definition) is 2. The average molecular weight is 255 g/mol. The van der Waals surface area contributed by atoms with Crippen LogP contribution in [0.4, 0.5) is 4.79 Å². The number of alkyl carbamates (subject to hydrolysis) is 1. The summed E-state index contributed by atoms with van der Waals surface area (Å²) < 4.78 is 4.70. The van der Waals surface area contributed by atoms with Crippen LogP contribution in [-0.2, 0) is 4.74 Å². The summed E-state index contributed by atoms with van der Waals surface area (Å²) in [4.78, 5) is 10.6. The number of alkyl halides is 1. The number of methoxy groups -OCH3 is 1. The van der Waals surface area contributed by atoms with Crippen LogP contribution in [-0.4, -0.2) is 17.3 Å². The predicted octanol–water partition coefficient (Wildman–Crippen LogP) is 1.51. The van der Waals surface area contributed by atoms with Crippen molar-refractivity contribution >= 4 is 28.7 Å². The van der Waals surface area contributed by atoms with Crippen LogP contribution in [0.5, 0.6) is 0 Å². The molecular formula is C6H10INO2. The first-order chi connectivity index (χ1) is 4.74. The van der Waals surface area contributed by atoms with Gasteiger partial charge in [0.15, 0.2) is 0 Å². The molecule has 0 heterocycles. The molecule has 0 saturated heterocycles. The number of ether oxygens (including phenoxy) is 1. The van der Waals surface area contributed by atoms with Gasteiger partial charge in [0.1, 0.15) is 0 Å². The maximum absolute atomic E-state index is 10.6. The van der Waals surface area contributed by atoms with Crippen molar-refractivity contribution < 1.29 is 9.53 Å². The standard InChI is InChI=1S/C6H10INO2/c1-10-6(9)8-5(7)4-2-3-4/h4-5H,2-3H2,1H3,(H,8,9)/t5-/m1/s1. The molecule has 10 heavy (non-hydrogen) atoms. The molecular weight excluding hydrogens is 245 g/mol. The Kier molecular flexibility index (Phi) is 2.76. The topological polar surface area (TPSA) is 38.3 Å². The van der Waals surface area contributed by atoms with Gasteiger partial charge in [-0.15, -0.1) is 0 Å². The second kappa shape index (κ2) is 3.41. The fraction of sp³-hybridized carbons (Fsp3) is 0.833. The largest absolute Gasteiger partial charge is 0.453 e. The van der Waals surface area contributed by atoms with E-state index in [2.05, 4.69) is 32.6 Å². The first-order valence-corrected chi connectivity index (χ1v) is 4.47. The number of nitrogens with one attached hydrogen (secondary N) is 1. The van der Waals surface area contributed by atoms with Crippen molar-refractivity contribution in [2.24, 2.45) is 5.92 Å². The van der Waals surface area contributed by atoms with Gasteiger partial charge in [-0.3, -0.25) is 0 Å². The maximum atomic E-state index is 10.6. The van der Waals surface area contributed by atoms with E-state index >= 15 is 0 Å². The number of amides is 1. The van der Waals surface area contributed by atoms with Gasteiger partial charge < -0.3 is 10.1 Å². The SMILES string of the molecule is COC(=O)N[C@@H](I)C1CC1. The van der Waals surface area contributed by atoms with Gasteiger partial charge in [-0.2, -0.15) is 0 Å². The highest BCUT2D eigenvalue weighted by Gasteiger charge is 2.30. The Morgan fingerprint density at radius 1 is 1.80 bits per heavy atom. The molecule has 1 atom stereocenters. The summed E-state index contributed by atoms with van der Waals surface area (Å²) in [6.45, 7) is 0. The Morgan fingerprint density at radius 3 is 2.80 bits per heavy atom. The van der Waals surface area contributed by atoms with Crippen LogP contribution in [0, 0.1) is 5.92 Å². The third-order valence-electron chi connectivity index (χ3n) is 1.48. The summed E-state index contributed by atoms with van der Waals surface area (Å²) in [5.74, 6) is 0.680. The van der Waals surface area contributed by atoms with Crippen LogP contribution >= 0.6 is 22.6 Å². The van der Waals surface area contributed by atoms with E-state index in [1.165, 1.54) is 20.0 Å². The van der Waals surface area contributed by atoms with Gasteiger partial charge >= 0.3 is 6.09 Å². The van der Waals surface area contributed by atoms with Crippen molar-refractivity contribution in [2.45, 2.75) is 16.9 Å². The Morgan fingerprint density at radius 2 is 2.40 bits per heavy atom. The van der Waals surface area contributed by atoms with Crippen LogP contribution in [0.25, 0.3) is 0 Å². The first kappa shape index (κ1) is 8.10. The van der Waals surface area contributed by atoms with Crippen LogP contribution in [0.2, 0.25) is 0 Å². The summed E-state index contributed by atoms with van der Waals surface area (Å²) in [5, 5.41) is 2.72. The van der Waals surface area contributed by atoms with E-state index in [1.54, 1.807) is 0 Å². The minimum Gasteiger partial charge on any atom is -0.453 e. The van der Waals surface area contributed by atoms with Crippen molar-refractivity contribution in [1.29, 1.82) is 0 Å². The second-order valence-electron chi connectivity index (χ2n) is 2.38. The molecule has 4 heteroatoms. The van der Waals surface area contributed by atoms with E-state index in [4.69, 9.17) is 0 Å². The summed E-state index contributed by atoms with van der Waals surface area (Å²) in [5.41, 5.74) is 0. The van der Waals surface area contributed by atoms with Gasteiger partial charge in [0.05, 0.1) is 11.2 Å². The molecule has 1 amide bonds. The third-order valence-corrected chi connectivity index (χ3v) is 2.81. The highest BCUT2D eigenvalue weighted by Crippen LogP contribution is 2.35. The van der Waals surface area contributed by atoms with Crippen LogP contribution in [0.1, 0.15) is 12.8 Å². The Labute approximate surface area is 73.6 Å². The van der Waals surface area contributed by atoms with E-state index < -0.39 is 0 Å². The Balaban J connectivity index is 2.16. The fourth-order valence-electron chi connectivity index (χ4n) is 0.678. The van der Waals surface area contributed by atoms with Crippen LogP contribution < -0.4 is 5.32 Å². The van der Waals surface area contributed by atoms with Crippen molar-refractivity contribution in [1.82, 2.24) is 5.32 Å². The summed E-state index contributed by atoms with van der Waals surface area (Å²) in [6, 6.07) is 0. The van der Waals surface area contributed by atoms with Gasteiger partial charge in [0, 0.05) is 0 Å². The zero-order chi connectivity index (χ0) is 7.56. The lowest BCUT2D eigenvalue weighted by Gasteiger charge is -2.08. The number of halogens is 1. The lowest BCUT2D eigenvalue weighted by Crippen LogP contribution is -2.31. The van der Waals surface area contributed by atoms with Crippen molar-refractivity contribution in [3.8, 4) is 0 Å². The molecule has 0 spiro atoms. The molecule has 0 radical (unpaired) electrons. The van der Waals surface area contributed by atoms with E-state index in [0.29, 0.717) is 5.92 Å². The normalized spacial score (nSPS) is 19.8. The molecule has 0 aliphatic heterocycles. The lowest BCUT2D eigenvalue weighted by molar-refractivity contribution is 0.170. The highest BCUT2D eigenvalue weighted by molar-refractivity contribution is 14.1. The zero-order valence-corrected chi connectivity index (χ0v) is 7.92. The number of carbonyl (C=O) groups excluding carboxylic acids is 1. The van der Waals surface area contributed by atoms with Gasteiger partial charge in [0.25, 0.3) is 0 Å². The molecule has 1 aliphatic carbocycles. The summed E-state index contributed by atoms with van der Waals surface area (Å²) in [6.07, 6.45) is 2.14. The molecule has 0 aromatic heterocycles. The van der Waals surface area contributed by atoms with Crippen molar-refractivity contribution in [3.05, 3.63) is 0 Å². The minimum absolute atomic E-state index is 0.255. The molecule has 1 N–H and O–H groups in total. The maximum Gasteiger partial charge on any atom is 0.407 e. The Hall–Kier alpha value is 0. The fourth-order valence-corrected chi connectivity index (χ4v) is 1.65. The number of carbonyl (C=O) groups is 1. The zero-order valence-electron chi connectivity index (χ0n) is 5.76. The smallest absolute Gasteiger partial charge is 0.407 e. The molecule has 58 valence electrons. The highest BCUT2D eigenvalue weighted by atomic mass is 127. The second-order valence-corrected chi connectivity index (χ2v) is 3.72. The van der Waals surface area contributed by atoms with Gasteiger partial charge in [-0.1, -0.05) is 22.6 Å². The molecule has 0 bridgehead atoms. The predicted molar refractivity (Wildman–Crippen MR) is 46.1 cm³/mol. The van der Waals surface area contributed by atoms with Crippen molar-refractivity contribution in [2.75, 3.05) is 7.11 Å². The molecule has 1 saturated carbocycles. The van der Waals surface area contributed by atoms with Crippen LogP contribution in [0.15, 0.2) is 0 Å². The van der Waals surface area contributed by atoms with Gasteiger partial charge in [-0.05, 0) is 18.8 Å². The van der Waals surface area contributed by atoms with Crippen molar-refractivity contribution in [3.63, 3.8) is 0 Å². The number of rotatable bonds is 2. The molecule has 0 aromatic rings. The van der Waals surface area contributed by atoms with E-state index in [-0.39, 0.29) is 10.1 Å². The summed E-state index contributed by atoms with van der Waals surface area (Å²) in [7, 11) is 1.38. The van der Waals surface area contributed by atoms with E-state index in [1.807, 2.05) is 0 Å². The molecule has 1 aliphatic rings. The quantitative estimate of drug-likeness (QED) is 0.461. The monoisotopic (exact) mass is 255 g/mol. The lowest BCUT2D eigenvalue weighted by atomic mass is 10.4. The van der Waals surface area contributed by atoms with E-state index in [9.17, 15) is 4.79 Å². The third kappa shape index (κ3) is 2.32. The summed E-state index contributed by atoms with van der Waals surface area (Å²) >= 11 is 2.22.